The van der Waals surface area contributed by atoms with Crippen LogP contribution in [0.3, 0.4) is 0 Å². The van der Waals surface area contributed by atoms with Gasteiger partial charge in [0.25, 0.3) is 11.8 Å². The standard InChI is InChI=1S/C21H26FN3O3.C2H6/c1-4-25(5-2)13-12-23-21(27)18-11-10-17(14-19(18)28-3)24-20(26)15-6-8-16(22)9-7-15;1-2/h6-11,14H,4-5,12-13H2,1-3H3,(H,23,27)(H,24,26);1-2H3. The van der Waals surface area contributed by atoms with Crippen molar-refractivity contribution in [1.82, 2.24) is 10.2 Å². The van der Waals surface area contributed by atoms with E-state index < -0.39 is 5.82 Å². The molecular formula is C23H32FN3O3. The lowest BCUT2D eigenvalue weighted by atomic mass is 10.1. The highest BCUT2D eigenvalue weighted by Crippen LogP contribution is 2.23. The molecule has 0 saturated heterocycles. The van der Waals surface area contributed by atoms with Gasteiger partial charge in [0.1, 0.15) is 11.6 Å². The molecule has 164 valence electrons. The molecular weight excluding hydrogens is 385 g/mol. The number of amides is 2. The number of rotatable bonds is 9. The topological polar surface area (TPSA) is 70.7 Å². The molecule has 6 nitrogen and oxygen atoms in total. The van der Waals surface area contributed by atoms with E-state index in [1.165, 1.54) is 31.4 Å². The minimum Gasteiger partial charge on any atom is -0.496 e. The third kappa shape index (κ3) is 7.48. The lowest BCUT2D eigenvalue weighted by Gasteiger charge is -2.18. The van der Waals surface area contributed by atoms with E-state index in [9.17, 15) is 14.0 Å². The van der Waals surface area contributed by atoms with Gasteiger partial charge in [-0.1, -0.05) is 27.7 Å². The number of carbonyl (C=O) groups excluding carboxylic acids is 2. The number of carbonyl (C=O) groups is 2. The number of nitrogens with zero attached hydrogens (tertiary/aromatic N) is 1. The molecule has 0 radical (unpaired) electrons. The normalized spacial score (nSPS) is 10.1. The average Bonchev–Trinajstić information content (AvgIpc) is 2.78. The summed E-state index contributed by atoms with van der Waals surface area (Å²) in [5.74, 6) is -0.661. The first-order valence-electron chi connectivity index (χ1n) is 10.2. The minimum atomic E-state index is -0.408. The molecule has 0 bridgehead atoms. The van der Waals surface area contributed by atoms with Crippen molar-refractivity contribution < 1.29 is 18.7 Å². The van der Waals surface area contributed by atoms with Crippen molar-refractivity contribution in [3.8, 4) is 5.75 Å². The molecule has 0 aromatic heterocycles. The van der Waals surface area contributed by atoms with E-state index in [4.69, 9.17) is 4.74 Å². The Morgan fingerprint density at radius 1 is 1.00 bits per heavy atom. The number of hydrogen-bond acceptors (Lipinski definition) is 4. The van der Waals surface area contributed by atoms with Crippen LogP contribution in [0.15, 0.2) is 42.5 Å². The smallest absolute Gasteiger partial charge is 0.255 e. The highest BCUT2D eigenvalue weighted by atomic mass is 19.1. The lowest BCUT2D eigenvalue weighted by Crippen LogP contribution is -2.34. The van der Waals surface area contributed by atoms with Crippen molar-refractivity contribution in [1.29, 1.82) is 0 Å². The van der Waals surface area contributed by atoms with Gasteiger partial charge in [-0.15, -0.1) is 0 Å². The van der Waals surface area contributed by atoms with Crippen LogP contribution in [0.25, 0.3) is 0 Å². The van der Waals surface area contributed by atoms with E-state index in [1.807, 2.05) is 13.8 Å². The number of likely N-dealkylation sites (N-methyl/N-ethyl adjacent to an activating group) is 1. The molecule has 0 fully saturated rings. The van der Waals surface area contributed by atoms with Gasteiger partial charge < -0.3 is 20.3 Å². The van der Waals surface area contributed by atoms with Gasteiger partial charge in [-0.05, 0) is 49.5 Å². The molecule has 2 aromatic rings. The number of anilines is 1. The van der Waals surface area contributed by atoms with Crippen LogP contribution < -0.4 is 15.4 Å². The van der Waals surface area contributed by atoms with Gasteiger partial charge in [-0.2, -0.15) is 0 Å². The van der Waals surface area contributed by atoms with Crippen molar-refractivity contribution in [2.24, 2.45) is 0 Å². The van der Waals surface area contributed by atoms with Crippen LogP contribution in [0.5, 0.6) is 5.75 Å². The van der Waals surface area contributed by atoms with Crippen molar-refractivity contribution in [3.05, 3.63) is 59.4 Å². The fraction of sp³-hybridized carbons (Fsp3) is 0.391. The van der Waals surface area contributed by atoms with Gasteiger partial charge in [0, 0.05) is 30.4 Å². The first-order valence-corrected chi connectivity index (χ1v) is 10.2. The molecule has 0 aliphatic rings. The molecule has 0 unspecified atom stereocenters. The second kappa shape index (κ2) is 13.3. The molecule has 0 heterocycles. The number of ether oxygens (including phenoxy) is 1. The zero-order valence-corrected chi connectivity index (χ0v) is 18.4. The summed E-state index contributed by atoms with van der Waals surface area (Å²) < 4.78 is 18.3. The second-order valence-corrected chi connectivity index (χ2v) is 6.16. The Labute approximate surface area is 178 Å². The van der Waals surface area contributed by atoms with E-state index in [1.54, 1.807) is 18.2 Å². The first-order chi connectivity index (χ1) is 14.5. The summed E-state index contributed by atoms with van der Waals surface area (Å²) in [6.45, 7) is 11.3. The van der Waals surface area contributed by atoms with Crippen LogP contribution >= 0.6 is 0 Å². The van der Waals surface area contributed by atoms with Crippen LogP contribution in [-0.4, -0.2) is 50.0 Å². The van der Waals surface area contributed by atoms with Crippen LogP contribution in [0, 0.1) is 5.82 Å². The monoisotopic (exact) mass is 417 g/mol. The Hall–Kier alpha value is -2.93. The Balaban J connectivity index is 0.00000218. The molecule has 2 amide bonds. The molecule has 30 heavy (non-hydrogen) atoms. The van der Waals surface area contributed by atoms with E-state index >= 15 is 0 Å². The van der Waals surface area contributed by atoms with Crippen molar-refractivity contribution in [3.63, 3.8) is 0 Å². The Kier molecular flexibility index (Phi) is 11.1. The lowest BCUT2D eigenvalue weighted by molar-refractivity contribution is 0.0945. The fourth-order valence-electron chi connectivity index (χ4n) is 2.72. The summed E-state index contributed by atoms with van der Waals surface area (Å²) >= 11 is 0. The van der Waals surface area contributed by atoms with Gasteiger partial charge in [-0.25, -0.2) is 4.39 Å². The summed E-state index contributed by atoms with van der Waals surface area (Å²) in [5, 5.41) is 5.59. The quantitative estimate of drug-likeness (QED) is 0.642. The maximum atomic E-state index is 13.0. The van der Waals surface area contributed by atoms with Crippen molar-refractivity contribution in [2.45, 2.75) is 27.7 Å². The summed E-state index contributed by atoms with van der Waals surface area (Å²) in [6, 6.07) is 10.1. The van der Waals surface area contributed by atoms with Gasteiger partial charge in [-0.3, -0.25) is 9.59 Å². The predicted octanol–water partition coefficient (Wildman–Crippen LogP) is 4.18. The van der Waals surface area contributed by atoms with E-state index in [-0.39, 0.29) is 11.8 Å². The highest BCUT2D eigenvalue weighted by molar-refractivity contribution is 6.05. The molecule has 7 heteroatoms. The van der Waals surface area contributed by atoms with E-state index in [2.05, 4.69) is 29.4 Å². The van der Waals surface area contributed by atoms with E-state index in [0.29, 0.717) is 29.1 Å². The number of halogens is 1. The predicted molar refractivity (Wildman–Crippen MR) is 119 cm³/mol. The summed E-state index contributed by atoms with van der Waals surface area (Å²) in [7, 11) is 1.47. The molecule has 0 aliphatic carbocycles. The molecule has 2 aromatic carbocycles. The van der Waals surface area contributed by atoms with Crippen LogP contribution in [0.4, 0.5) is 10.1 Å². The zero-order chi connectivity index (χ0) is 22.5. The van der Waals surface area contributed by atoms with Crippen LogP contribution in [-0.2, 0) is 0 Å². The summed E-state index contributed by atoms with van der Waals surface area (Å²) in [5.41, 5.74) is 1.20. The highest BCUT2D eigenvalue weighted by Gasteiger charge is 2.14. The SMILES string of the molecule is CC.CCN(CC)CCNC(=O)c1ccc(NC(=O)c2ccc(F)cc2)cc1OC. The fourth-order valence-corrected chi connectivity index (χ4v) is 2.72. The molecule has 2 N–H and O–H groups in total. The number of nitrogens with one attached hydrogen (secondary N) is 2. The summed E-state index contributed by atoms with van der Waals surface area (Å²) in [4.78, 5) is 26.9. The van der Waals surface area contributed by atoms with Gasteiger partial charge >= 0.3 is 0 Å². The number of hydrogen-bond donors (Lipinski definition) is 2. The minimum absolute atomic E-state index is 0.236. The number of methoxy groups -OCH3 is 1. The molecule has 0 atom stereocenters. The Morgan fingerprint density at radius 2 is 1.63 bits per heavy atom. The first kappa shape index (κ1) is 25.1. The summed E-state index contributed by atoms with van der Waals surface area (Å²) in [6.07, 6.45) is 0. The van der Waals surface area contributed by atoms with Gasteiger partial charge in [0.15, 0.2) is 0 Å². The van der Waals surface area contributed by atoms with Crippen molar-refractivity contribution in [2.75, 3.05) is 38.6 Å². The maximum absolute atomic E-state index is 13.0. The third-order valence-electron chi connectivity index (χ3n) is 4.42. The average molecular weight is 418 g/mol. The molecule has 0 aliphatic heterocycles. The van der Waals surface area contributed by atoms with E-state index in [0.717, 1.165) is 19.6 Å². The zero-order valence-electron chi connectivity index (χ0n) is 18.4. The second-order valence-electron chi connectivity index (χ2n) is 6.16. The third-order valence-corrected chi connectivity index (χ3v) is 4.42. The number of benzene rings is 2. The maximum Gasteiger partial charge on any atom is 0.255 e. The van der Waals surface area contributed by atoms with Crippen molar-refractivity contribution >= 4 is 17.5 Å². The Morgan fingerprint density at radius 3 is 2.20 bits per heavy atom. The van der Waals surface area contributed by atoms with Gasteiger partial charge in [0.05, 0.1) is 12.7 Å². The molecule has 0 spiro atoms. The van der Waals surface area contributed by atoms with Gasteiger partial charge in [0.2, 0.25) is 0 Å². The molecule has 0 saturated carbocycles. The van der Waals surface area contributed by atoms with Crippen LogP contribution in [0.2, 0.25) is 0 Å². The Bertz CT molecular complexity index is 806. The molecule has 2 rings (SSSR count). The largest absolute Gasteiger partial charge is 0.496 e. The van der Waals surface area contributed by atoms with Crippen LogP contribution in [0.1, 0.15) is 48.4 Å².